The predicted molar refractivity (Wildman–Crippen MR) is 113 cm³/mol. The number of amides is 2. The van der Waals surface area contributed by atoms with Gasteiger partial charge in [0.15, 0.2) is 0 Å². The van der Waals surface area contributed by atoms with E-state index in [2.05, 4.69) is 5.32 Å². The van der Waals surface area contributed by atoms with Crippen molar-refractivity contribution in [2.45, 2.75) is 25.3 Å². The number of hydrogen-bond donors (Lipinski definition) is 1. The van der Waals surface area contributed by atoms with Crippen molar-refractivity contribution in [3.05, 3.63) is 50.6 Å². The molecule has 2 aliphatic rings. The number of pyridine rings is 1. The average molecular weight is 418 g/mol. The number of piperidine rings is 1. The first-order chi connectivity index (χ1) is 13.5. The van der Waals surface area contributed by atoms with Crippen molar-refractivity contribution in [1.29, 1.82) is 0 Å². The van der Waals surface area contributed by atoms with E-state index in [9.17, 15) is 14.4 Å². The summed E-state index contributed by atoms with van der Waals surface area (Å²) in [6.07, 6.45) is 3.30. The zero-order valence-electron chi connectivity index (χ0n) is 15.7. The van der Waals surface area contributed by atoms with E-state index in [4.69, 9.17) is 0 Å². The van der Waals surface area contributed by atoms with Gasteiger partial charge in [-0.1, -0.05) is 6.07 Å². The van der Waals surface area contributed by atoms with Crippen LogP contribution in [0.25, 0.3) is 0 Å². The highest BCUT2D eigenvalue weighted by Gasteiger charge is 2.36. The topological polar surface area (TPSA) is 71.4 Å². The van der Waals surface area contributed by atoms with Crippen molar-refractivity contribution in [1.82, 2.24) is 9.47 Å². The maximum atomic E-state index is 12.9. The van der Waals surface area contributed by atoms with Gasteiger partial charge in [0.1, 0.15) is 5.69 Å². The van der Waals surface area contributed by atoms with E-state index in [-0.39, 0.29) is 29.2 Å². The van der Waals surface area contributed by atoms with Crippen molar-refractivity contribution in [2.24, 2.45) is 5.92 Å². The van der Waals surface area contributed by atoms with Crippen LogP contribution in [0.3, 0.4) is 0 Å². The first kappa shape index (κ1) is 19.3. The fourth-order valence-corrected chi connectivity index (χ4v) is 5.27. The highest BCUT2D eigenvalue weighted by molar-refractivity contribution is 7.99. The number of anilines is 1. The molecule has 1 N–H and O–H groups in total. The second kappa shape index (κ2) is 8.13. The molecule has 0 radical (unpaired) electrons. The number of carbonyl (C=O) groups excluding carboxylic acids is 2. The van der Waals surface area contributed by atoms with Gasteiger partial charge < -0.3 is 14.8 Å². The highest BCUT2D eigenvalue weighted by Crippen LogP contribution is 2.35. The lowest BCUT2D eigenvalue weighted by atomic mass is 9.83. The van der Waals surface area contributed by atoms with E-state index >= 15 is 0 Å². The Morgan fingerprint density at radius 1 is 1.25 bits per heavy atom. The fourth-order valence-electron chi connectivity index (χ4n) is 4.24. The zero-order chi connectivity index (χ0) is 19.7. The van der Waals surface area contributed by atoms with Crippen molar-refractivity contribution in [3.8, 4) is 0 Å². The van der Waals surface area contributed by atoms with E-state index in [1.54, 1.807) is 22.0 Å². The van der Waals surface area contributed by atoms with Crippen molar-refractivity contribution < 1.29 is 9.59 Å². The summed E-state index contributed by atoms with van der Waals surface area (Å²) < 4.78 is 1.80. The van der Waals surface area contributed by atoms with Crippen LogP contribution in [0.5, 0.6) is 0 Å². The fraction of sp³-hybridized carbons (Fsp3) is 0.450. The number of hydrogen-bond acceptors (Lipinski definition) is 5. The first-order valence-corrected chi connectivity index (χ1v) is 11.6. The van der Waals surface area contributed by atoms with Gasteiger partial charge in [-0.15, -0.1) is 11.3 Å². The number of thiophene rings is 1. The maximum Gasteiger partial charge on any atom is 0.274 e. The van der Waals surface area contributed by atoms with Gasteiger partial charge >= 0.3 is 0 Å². The summed E-state index contributed by atoms with van der Waals surface area (Å²) in [7, 11) is 0. The molecule has 2 atom stereocenters. The molecule has 148 valence electrons. The highest BCUT2D eigenvalue weighted by atomic mass is 32.2. The Labute approximate surface area is 171 Å². The van der Waals surface area contributed by atoms with Gasteiger partial charge in [0, 0.05) is 36.1 Å². The molecule has 1 saturated heterocycles. The summed E-state index contributed by atoms with van der Waals surface area (Å²) in [6.45, 7) is 1.94. The summed E-state index contributed by atoms with van der Waals surface area (Å²) in [4.78, 5) is 40.5. The molecule has 0 aromatic carbocycles. The number of rotatable bonds is 5. The molecule has 1 fully saturated rings. The molecule has 6 nitrogen and oxygen atoms in total. The standard InChI is InChI=1S/C20H23N3O3S2/c1-27-12-18(24)21-16-4-5-17-14-7-13(10-23(17)20(16)26)9-22(11-14)19(25)8-15-3-2-6-28-15/h2-6,13-14H,7-12H2,1H3,(H,21,24). The smallest absolute Gasteiger partial charge is 0.274 e. The van der Waals surface area contributed by atoms with Gasteiger partial charge in [-0.25, -0.2) is 0 Å². The van der Waals surface area contributed by atoms with Crippen LogP contribution in [-0.2, 0) is 22.6 Å². The van der Waals surface area contributed by atoms with E-state index in [1.165, 1.54) is 11.8 Å². The van der Waals surface area contributed by atoms with Crippen molar-refractivity contribution in [3.63, 3.8) is 0 Å². The summed E-state index contributed by atoms with van der Waals surface area (Å²) in [5.74, 6) is 0.769. The molecule has 0 saturated carbocycles. The van der Waals surface area contributed by atoms with Gasteiger partial charge in [0.2, 0.25) is 11.8 Å². The molecule has 0 aliphatic carbocycles. The molecular weight excluding hydrogens is 394 g/mol. The second-order valence-electron chi connectivity index (χ2n) is 7.42. The lowest BCUT2D eigenvalue weighted by Crippen LogP contribution is -2.49. The van der Waals surface area contributed by atoms with Crippen molar-refractivity contribution >= 4 is 40.6 Å². The summed E-state index contributed by atoms with van der Waals surface area (Å²) in [6, 6.07) is 7.61. The normalized spacial score (nSPS) is 20.5. The molecule has 8 heteroatoms. The second-order valence-corrected chi connectivity index (χ2v) is 9.32. The molecule has 0 spiro atoms. The Bertz CT molecular complexity index is 939. The van der Waals surface area contributed by atoms with Crippen LogP contribution in [0, 0.1) is 5.92 Å². The SMILES string of the molecule is CSCC(=O)Nc1ccc2n(c1=O)CC1CC2CN(C(=O)Cc2cccs2)C1. The van der Waals surface area contributed by atoms with E-state index in [0.29, 0.717) is 37.5 Å². The number of thioether (sulfide) groups is 1. The number of nitrogens with zero attached hydrogens (tertiary/aromatic N) is 2. The third-order valence-electron chi connectivity index (χ3n) is 5.41. The molecule has 4 rings (SSSR count). The number of aromatic nitrogens is 1. The van der Waals surface area contributed by atoms with Gasteiger partial charge in [0.25, 0.3) is 5.56 Å². The number of likely N-dealkylation sites (tertiary alicyclic amines) is 1. The van der Waals surface area contributed by atoms with Crippen LogP contribution in [0.15, 0.2) is 34.4 Å². The van der Waals surface area contributed by atoms with Crippen LogP contribution in [0.2, 0.25) is 0 Å². The largest absolute Gasteiger partial charge is 0.341 e. The van der Waals surface area contributed by atoms with Crippen LogP contribution in [0.1, 0.15) is 22.9 Å². The number of nitrogens with one attached hydrogen (secondary N) is 1. The maximum absolute atomic E-state index is 12.9. The lowest BCUT2D eigenvalue weighted by molar-refractivity contribution is -0.133. The molecule has 2 aromatic rings. The third kappa shape index (κ3) is 3.89. The lowest BCUT2D eigenvalue weighted by Gasteiger charge is -2.43. The minimum atomic E-state index is -0.161. The van der Waals surface area contributed by atoms with Crippen LogP contribution in [-0.4, -0.2) is 46.4 Å². The quantitative estimate of drug-likeness (QED) is 0.811. The predicted octanol–water partition coefficient (Wildman–Crippen LogP) is 2.40. The van der Waals surface area contributed by atoms with Gasteiger partial charge in [-0.2, -0.15) is 11.8 Å². The van der Waals surface area contributed by atoms with Crippen LogP contribution in [0.4, 0.5) is 5.69 Å². The molecular formula is C20H23N3O3S2. The molecule has 2 bridgehead atoms. The van der Waals surface area contributed by atoms with E-state index in [1.807, 2.05) is 34.7 Å². The molecule has 2 aliphatic heterocycles. The molecule has 4 heterocycles. The summed E-state index contributed by atoms with van der Waals surface area (Å²) in [5.41, 5.74) is 1.17. The Balaban J connectivity index is 1.52. The third-order valence-corrected chi connectivity index (χ3v) is 6.84. The Morgan fingerprint density at radius 2 is 2.11 bits per heavy atom. The van der Waals surface area contributed by atoms with Crippen LogP contribution < -0.4 is 10.9 Å². The van der Waals surface area contributed by atoms with Gasteiger partial charge in [-0.05, 0) is 42.2 Å². The van der Waals surface area contributed by atoms with Gasteiger partial charge in [0.05, 0.1) is 12.2 Å². The molecule has 2 amide bonds. The van der Waals surface area contributed by atoms with Crippen molar-refractivity contribution in [2.75, 3.05) is 30.4 Å². The molecule has 28 heavy (non-hydrogen) atoms. The first-order valence-electron chi connectivity index (χ1n) is 9.38. The minimum Gasteiger partial charge on any atom is -0.341 e. The number of fused-ring (bicyclic) bond motifs is 4. The summed E-state index contributed by atoms with van der Waals surface area (Å²) >= 11 is 3.03. The summed E-state index contributed by atoms with van der Waals surface area (Å²) in [5, 5.41) is 4.71. The van der Waals surface area contributed by atoms with E-state index in [0.717, 1.165) is 17.0 Å². The number of carbonyl (C=O) groups is 2. The Kier molecular flexibility index (Phi) is 5.59. The molecule has 2 aromatic heterocycles. The molecule has 2 unspecified atom stereocenters. The zero-order valence-corrected chi connectivity index (χ0v) is 17.4. The Hall–Kier alpha value is -2.06. The van der Waals surface area contributed by atoms with Gasteiger partial charge in [-0.3, -0.25) is 14.4 Å². The van der Waals surface area contributed by atoms with Crippen LogP contribution >= 0.6 is 23.1 Å². The minimum absolute atomic E-state index is 0.139. The monoisotopic (exact) mass is 417 g/mol. The van der Waals surface area contributed by atoms with E-state index < -0.39 is 0 Å². The Morgan fingerprint density at radius 3 is 2.86 bits per heavy atom. The average Bonchev–Trinajstić information content (AvgIpc) is 3.17.